The second kappa shape index (κ2) is 2.54. The molecule has 3 nitrogen and oxygen atoms in total. The van der Waals surface area contributed by atoms with E-state index in [9.17, 15) is 0 Å². The van der Waals surface area contributed by atoms with E-state index in [0.717, 1.165) is 0 Å². The molecule has 0 bridgehead atoms. The average Bonchev–Trinajstić information content (AvgIpc) is 1.98. The number of hydrogen-bond acceptors (Lipinski definition) is 3. The van der Waals surface area contributed by atoms with Crippen molar-refractivity contribution in [1.29, 1.82) is 0 Å². The van der Waals surface area contributed by atoms with E-state index in [1.54, 1.807) is 6.92 Å². The van der Waals surface area contributed by atoms with Crippen LogP contribution in [0.5, 0.6) is 0 Å². The highest BCUT2D eigenvalue weighted by Gasteiger charge is 2.38. The van der Waals surface area contributed by atoms with Crippen LogP contribution in [-0.4, -0.2) is 33.5 Å². The number of aliphatic hydroxyl groups is 2. The summed E-state index contributed by atoms with van der Waals surface area (Å²) in [6.07, 6.45) is -1.82. The van der Waals surface area contributed by atoms with Gasteiger partial charge in [-0.3, -0.25) is 0 Å². The molecule has 1 aliphatic heterocycles. The van der Waals surface area contributed by atoms with Gasteiger partial charge in [-0.15, -0.1) is 0 Å². The average molecular weight is 197 g/mol. The Hall–Kier alpha value is 0.360. The Morgan fingerprint density at radius 1 is 1.33 bits per heavy atom. The maximum absolute atomic E-state index is 9.03. The molecule has 0 aromatic rings. The van der Waals surface area contributed by atoms with Crippen LogP contribution in [0.4, 0.5) is 0 Å². The molecule has 0 aromatic heterocycles. The van der Waals surface area contributed by atoms with Gasteiger partial charge in [0, 0.05) is 0 Å². The summed E-state index contributed by atoms with van der Waals surface area (Å²) in [4.78, 5) is 0. The van der Waals surface area contributed by atoms with E-state index in [2.05, 4.69) is 15.9 Å². The normalized spacial score (nSPS) is 52.0. The minimum Gasteiger partial charge on any atom is -0.388 e. The predicted octanol–water partition coefficient (Wildman–Crippen LogP) is -0.152. The first kappa shape index (κ1) is 7.47. The number of halogens is 1. The van der Waals surface area contributed by atoms with Crippen molar-refractivity contribution in [3.63, 3.8) is 0 Å². The number of aliphatic hydroxyl groups excluding tert-OH is 2. The molecular formula is C5H9BrO3. The molecule has 4 heteroatoms. The topological polar surface area (TPSA) is 49.7 Å². The van der Waals surface area contributed by atoms with Crippen molar-refractivity contribution in [2.24, 2.45) is 0 Å². The lowest BCUT2D eigenvalue weighted by Crippen LogP contribution is -2.29. The summed E-state index contributed by atoms with van der Waals surface area (Å²) in [6.45, 7) is 1.72. The summed E-state index contributed by atoms with van der Waals surface area (Å²) in [7, 11) is 0. The third-order valence-electron chi connectivity index (χ3n) is 1.44. The van der Waals surface area contributed by atoms with Crippen molar-refractivity contribution in [1.82, 2.24) is 0 Å². The summed E-state index contributed by atoms with van der Waals surface area (Å²) in [5.74, 6) is 0. The fourth-order valence-electron chi connectivity index (χ4n) is 0.799. The van der Waals surface area contributed by atoms with Gasteiger partial charge in [-0.05, 0) is 6.92 Å². The minimum absolute atomic E-state index is 0.274. The first-order valence-electron chi connectivity index (χ1n) is 2.78. The van der Waals surface area contributed by atoms with Gasteiger partial charge >= 0.3 is 0 Å². The standard InChI is InChI=1S/C5H9BrO3/c1-2-3(7)4(8)5(6)9-2/h2-5,7-8H,1H3/t2-,3?,4?,5-/m0/s1. The number of rotatable bonds is 0. The molecule has 4 atom stereocenters. The Morgan fingerprint density at radius 2 is 1.89 bits per heavy atom. The molecule has 1 fully saturated rings. The van der Waals surface area contributed by atoms with Crippen LogP contribution < -0.4 is 0 Å². The highest BCUT2D eigenvalue weighted by atomic mass is 79.9. The first-order chi connectivity index (χ1) is 4.13. The highest BCUT2D eigenvalue weighted by molar-refractivity contribution is 9.09. The highest BCUT2D eigenvalue weighted by Crippen LogP contribution is 2.24. The molecule has 0 aliphatic carbocycles. The molecule has 0 aromatic carbocycles. The van der Waals surface area contributed by atoms with Gasteiger partial charge in [0.2, 0.25) is 0 Å². The lowest BCUT2D eigenvalue weighted by molar-refractivity contribution is 0.0318. The van der Waals surface area contributed by atoms with Gasteiger partial charge in [-0.25, -0.2) is 0 Å². The molecule has 2 N–H and O–H groups in total. The Kier molecular flexibility index (Phi) is 2.10. The van der Waals surface area contributed by atoms with E-state index in [-0.39, 0.29) is 6.10 Å². The Bertz CT molecular complexity index is 96.4. The number of hydrogen-bond donors (Lipinski definition) is 2. The Labute approximate surface area is 61.8 Å². The van der Waals surface area contributed by atoms with Crippen LogP contribution in [0.1, 0.15) is 6.92 Å². The molecule has 1 heterocycles. The quantitative estimate of drug-likeness (QED) is 0.531. The zero-order chi connectivity index (χ0) is 7.02. The molecule has 0 saturated carbocycles. The summed E-state index contributed by atoms with van der Waals surface area (Å²) in [5.41, 5.74) is 0. The van der Waals surface area contributed by atoms with Crippen molar-refractivity contribution in [3.05, 3.63) is 0 Å². The van der Waals surface area contributed by atoms with Crippen LogP contribution in [0, 0.1) is 0 Å². The van der Waals surface area contributed by atoms with Crippen molar-refractivity contribution in [2.75, 3.05) is 0 Å². The lowest BCUT2D eigenvalue weighted by Gasteiger charge is -2.07. The van der Waals surface area contributed by atoms with Gasteiger partial charge in [0.15, 0.2) is 0 Å². The molecule has 0 spiro atoms. The zero-order valence-electron chi connectivity index (χ0n) is 4.99. The first-order valence-corrected chi connectivity index (χ1v) is 3.70. The van der Waals surface area contributed by atoms with Gasteiger partial charge in [0.05, 0.1) is 6.10 Å². The number of ether oxygens (including phenoxy) is 1. The zero-order valence-corrected chi connectivity index (χ0v) is 6.58. The molecule has 1 rings (SSSR count). The Morgan fingerprint density at radius 3 is 2.00 bits per heavy atom. The van der Waals surface area contributed by atoms with Crippen molar-refractivity contribution in [3.8, 4) is 0 Å². The van der Waals surface area contributed by atoms with E-state index in [1.807, 2.05) is 0 Å². The van der Waals surface area contributed by atoms with E-state index in [0.29, 0.717) is 0 Å². The van der Waals surface area contributed by atoms with Gasteiger partial charge in [0.1, 0.15) is 17.2 Å². The fraction of sp³-hybridized carbons (Fsp3) is 1.00. The van der Waals surface area contributed by atoms with Crippen LogP contribution in [0.3, 0.4) is 0 Å². The van der Waals surface area contributed by atoms with Gasteiger partial charge in [-0.1, -0.05) is 15.9 Å². The molecule has 54 valence electrons. The van der Waals surface area contributed by atoms with Crippen LogP contribution in [-0.2, 0) is 4.74 Å². The maximum Gasteiger partial charge on any atom is 0.141 e. The van der Waals surface area contributed by atoms with Gasteiger partial charge in [0.25, 0.3) is 0 Å². The molecular weight excluding hydrogens is 188 g/mol. The summed E-state index contributed by atoms with van der Waals surface area (Å²) in [6, 6.07) is 0. The van der Waals surface area contributed by atoms with Crippen LogP contribution in [0.25, 0.3) is 0 Å². The number of alkyl halides is 1. The molecule has 9 heavy (non-hydrogen) atoms. The van der Waals surface area contributed by atoms with E-state index < -0.39 is 17.2 Å². The monoisotopic (exact) mass is 196 g/mol. The minimum atomic E-state index is -0.792. The maximum atomic E-state index is 9.03. The van der Waals surface area contributed by atoms with E-state index >= 15 is 0 Å². The third kappa shape index (κ3) is 1.26. The largest absolute Gasteiger partial charge is 0.388 e. The van der Waals surface area contributed by atoms with Crippen LogP contribution >= 0.6 is 15.9 Å². The molecule has 1 saturated heterocycles. The summed E-state index contributed by atoms with van der Waals surface area (Å²) < 4.78 is 5.00. The van der Waals surface area contributed by atoms with Crippen LogP contribution in [0.2, 0.25) is 0 Å². The van der Waals surface area contributed by atoms with Crippen LogP contribution in [0.15, 0.2) is 0 Å². The lowest BCUT2D eigenvalue weighted by atomic mass is 10.2. The van der Waals surface area contributed by atoms with E-state index in [4.69, 9.17) is 14.9 Å². The smallest absolute Gasteiger partial charge is 0.141 e. The van der Waals surface area contributed by atoms with Crippen molar-refractivity contribution < 1.29 is 14.9 Å². The summed E-state index contributed by atoms with van der Waals surface area (Å²) in [5, 5.41) is 17.6. The third-order valence-corrected chi connectivity index (χ3v) is 2.20. The van der Waals surface area contributed by atoms with Crippen molar-refractivity contribution in [2.45, 2.75) is 30.2 Å². The van der Waals surface area contributed by atoms with Crippen molar-refractivity contribution >= 4 is 15.9 Å². The summed E-state index contributed by atoms with van der Waals surface area (Å²) >= 11 is 3.05. The molecule has 1 aliphatic rings. The predicted molar refractivity (Wildman–Crippen MR) is 35.3 cm³/mol. The molecule has 0 amide bonds. The Balaban J connectivity index is 2.54. The van der Waals surface area contributed by atoms with E-state index in [1.165, 1.54) is 0 Å². The van der Waals surface area contributed by atoms with Gasteiger partial charge < -0.3 is 14.9 Å². The molecule has 0 radical (unpaired) electrons. The fourth-order valence-corrected chi connectivity index (χ4v) is 1.45. The SMILES string of the molecule is C[C@@H]1O[C@H](Br)C(O)C1O. The molecule has 2 unspecified atom stereocenters. The second-order valence-electron chi connectivity index (χ2n) is 2.17. The van der Waals surface area contributed by atoms with Gasteiger partial charge in [-0.2, -0.15) is 0 Å². The second-order valence-corrected chi connectivity index (χ2v) is 3.08.